The normalized spacial score (nSPS) is 23.9. The first-order valence-electron chi connectivity index (χ1n) is 6.94. The summed E-state index contributed by atoms with van der Waals surface area (Å²) in [6.45, 7) is 4.88. The van der Waals surface area contributed by atoms with Crippen LogP contribution in [0.15, 0.2) is 10.3 Å². The van der Waals surface area contributed by atoms with Crippen LogP contribution in [0.3, 0.4) is 0 Å². The van der Waals surface area contributed by atoms with Crippen LogP contribution in [0.2, 0.25) is 4.34 Å². The topological polar surface area (TPSA) is 58.2 Å². The molecular formula is C13H21ClN2O2S2. The SMILES string of the molecule is CCNC1CCC(NS(=O)(=O)c2cc(C)c(Cl)s2)CC1. The fourth-order valence-corrected chi connectivity index (χ4v) is 5.57. The molecule has 1 aliphatic rings. The highest BCUT2D eigenvalue weighted by Gasteiger charge is 2.26. The lowest BCUT2D eigenvalue weighted by Crippen LogP contribution is -2.41. The molecule has 0 spiro atoms. The fraction of sp³-hybridized carbons (Fsp3) is 0.692. The zero-order valence-corrected chi connectivity index (χ0v) is 14.2. The Morgan fingerprint density at radius 2 is 1.90 bits per heavy atom. The zero-order chi connectivity index (χ0) is 14.8. The van der Waals surface area contributed by atoms with E-state index in [1.165, 1.54) is 0 Å². The van der Waals surface area contributed by atoms with E-state index in [1.54, 1.807) is 6.07 Å². The average molecular weight is 337 g/mol. The molecule has 0 bridgehead atoms. The van der Waals surface area contributed by atoms with Crippen molar-refractivity contribution in [3.05, 3.63) is 16.0 Å². The van der Waals surface area contributed by atoms with Crippen LogP contribution in [0.1, 0.15) is 38.2 Å². The van der Waals surface area contributed by atoms with E-state index in [0.29, 0.717) is 14.6 Å². The van der Waals surface area contributed by atoms with Gasteiger partial charge in [0.05, 0.1) is 4.34 Å². The molecule has 114 valence electrons. The third kappa shape index (κ3) is 3.95. The first-order chi connectivity index (χ1) is 9.42. The van der Waals surface area contributed by atoms with E-state index in [0.717, 1.165) is 49.1 Å². The molecule has 1 saturated carbocycles. The molecule has 0 aromatic carbocycles. The van der Waals surface area contributed by atoms with Gasteiger partial charge in [-0.3, -0.25) is 0 Å². The van der Waals surface area contributed by atoms with Crippen LogP contribution in [-0.2, 0) is 10.0 Å². The predicted molar refractivity (Wildman–Crippen MR) is 84.1 cm³/mol. The molecule has 1 aromatic heterocycles. The van der Waals surface area contributed by atoms with Gasteiger partial charge in [-0.1, -0.05) is 18.5 Å². The Balaban J connectivity index is 1.96. The first kappa shape index (κ1) is 16.2. The van der Waals surface area contributed by atoms with E-state index in [-0.39, 0.29) is 6.04 Å². The van der Waals surface area contributed by atoms with Gasteiger partial charge in [0, 0.05) is 12.1 Å². The highest BCUT2D eigenvalue weighted by molar-refractivity contribution is 7.91. The Labute approximate surface area is 130 Å². The second-order valence-corrected chi connectivity index (χ2v) is 8.84. The minimum absolute atomic E-state index is 0.0380. The molecule has 0 saturated heterocycles. The Morgan fingerprint density at radius 1 is 1.30 bits per heavy atom. The van der Waals surface area contributed by atoms with Crippen LogP contribution in [0.4, 0.5) is 0 Å². The van der Waals surface area contributed by atoms with Crippen LogP contribution in [0.25, 0.3) is 0 Å². The summed E-state index contributed by atoms with van der Waals surface area (Å²) in [7, 11) is -3.43. The number of hydrogen-bond donors (Lipinski definition) is 2. The number of rotatable bonds is 5. The molecule has 0 radical (unpaired) electrons. The molecule has 1 aliphatic carbocycles. The number of nitrogens with one attached hydrogen (secondary N) is 2. The summed E-state index contributed by atoms with van der Waals surface area (Å²) in [6, 6.07) is 2.20. The monoisotopic (exact) mass is 336 g/mol. The molecule has 0 aliphatic heterocycles. The van der Waals surface area contributed by atoms with Gasteiger partial charge >= 0.3 is 0 Å². The zero-order valence-electron chi connectivity index (χ0n) is 11.8. The van der Waals surface area contributed by atoms with Crippen LogP contribution >= 0.6 is 22.9 Å². The van der Waals surface area contributed by atoms with Crippen LogP contribution in [0.5, 0.6) is 0 Å². The highest BCUT2D eigenvalue weighted by atomic mass is 35.5. The second kappa shape index (κ2) is 6.75. The Morgan fingerprint density at radius 3 is 2.40 bits per heavy atom. The van der Waals surface area contributed by atoms with E-state index in [2.05, 4.69) is 17.0 Å². The van der Waals surface area contributed by atoms with Gasteiger partial charge in [0.25, 0.3) is 0 Å². The molecule has 1 fully saturated rings. The average Bonchev–Trinajstić information content (AvgIpc) is 2.73. The number of halogens is 1. The van der Waals surface area contributed by atoms with Crippen molar-refractivity contribution in [3.8, 4) is 0 Å². The summed E-state index contributed by atoms with van der Waals surface area (Å²) in [5, 5.41) is 3.42. The molecule has 0 amide bonds. The summed E-state index contributed by atoms with van der Waals surface area (Å²) in [4.78, 5) is 0. The van der Waals surface area contributed by atoms with Crippen LogP contribution < -0.4 is 10.0 Å². The quantitative estimate of drug-likeness (QED) is 0.869. The van der Waals surface area contributed by atoms with Crippen molar-refractivity contribution >= 4 is 33.0 Å². The second-order valence-electron chi connectivity index (χ2n) is 5.25. The van der Waals surface area contributed by atoms with E-state index in [9.17, 15) is 8.42 Å². The lowest BCUT2D eigenvalue weighted by Gasteiger charge is -2.29. The molecule has 1 aromatic rings. The Kier molecular flexibility index (Phi) is 5.48. The largest absolute Gasteiger partial charge is 0.314 e. The highest BCUT2D eigenvalue weighted by Crippen LogP contribution is 2.30. The summed E-state index contributed by atoms with van der Waals surface area (Å²) < 4.78 is 28.3. The maximum atomic E-state index is 12.3. The van der Waals surface area contributed by atoms with Gasteiger partial charge in [-0.05, 0) is 50.8 Å². The lowest BCUT2D eigenvalue weighted by atomic mass is 9.92. The lowest BCUT2D eigenvalue weighted by molar-refractivity contribution is 0.333. The minimum atomic E-state index is -3.43. The maximum absolute atomic E-state index is 12.3. The fourth-order valence-electron chi connectivity index (χ4n) is 2.55. The molecular weight excluding hydrogens is 316 g/mol. The van der Waals surface area contributed by atoms with Gasteiger partial charge in [-0.15, -0.1) is 11.3 Å². The van der Waals surface area contributed by atoms with Crippen LogP contribution in [0, 0.1) is 6.92 Å². The standard InChI is InChI=1S/C13H21ClN2O2S2/c1-3-15-10-4-6-11(7-5-10)16-20(17,18)12-8-9(2)13(14)19-12/h8,10-11,15-16H,3-7H2,1-2H3. The van der Waals surface area contributed by atoms with E-state index in [4.69, 9.17) is 11.6 Å². The molecule has 7 heteroatoms. The summed E-state index contributed by atoms with van der Waals surface area (Å²) in [6.07, 6.45) is 3.81. The maximum Gasteiger partial charge on any atom is 0.250 e. The molecule has 20 heavy (non-hydrogen) atoms. The molecule has 0 atom stereocenters. The van der Waals surface area contributed by atoms with Crippen LogP contribution in [-0.4, -0.2) is 27.0 Å². The number of sulfonamides is 1. The smallest absolute Gasteiger partial charge is 0.250 e. The van der Waals surface area contributed by atoms with Crippen molar-refractivity contribution in [2.75, 3.05) is 6.54 Å². The predicted octanol–water partition coefficient (Wildman–Crippen LogP) is 2.91. The molecule has 0 unspecified atom stereocenters. The van der Waals surface area contributed by atoms with Crippen molar-refractivity contribution in [1.29, 1.82) is 0 Å². The minimum Gasteiger partial charge on any atom is -0.314 e. The summed E-state index contributed by atoms with van der Waals surface area (Å²) >= 11 is 7.07. The third-order valence-corrected chi connectivity index (χ3v) is 7.19. The number of aryl methyl sites for hydroxylation is 1. The van der Waals surface area contributed by atoms with Gasteiger partial charge in [0.2, 0.25) is 10.0 Å². The van der Waals surface area contributed by atoms with E-state index in [1.807, 2.05) is 6.92 Å². The van der Waals surface area contributed by atoms with Crippen molar-refractivity contribution < 1.29 is 8.42 Å². The Hall–Kier alpha value is -0.140. The van der Waals surface area contributed by atoms with Crippen molar-refractivity contribution in [3.63, 3.8) is 0 Å². The number of hydrogen-bond acceptors (Lipinski definition) is 4. The Bertz CT molecular complexity index is 529. The van der Waals surface area contributed by atoms with Gasteiger partial charge < -0.3 is 5.32 Å². The molecule has 1 heterocycles. The molecule has 4 nitrogen and oxygen atoms in total. The van der Waals surface area contributed by atoms with Gasteiger partial charge in [-0.25, -0.2) is 13.1 Å². The first-order valence-corrected chi connectivity index (χ1v) is 9.61. The van der Waals surface area contributed by atoms with Crippen molar-refractivity contribution in [2.45, 2.75) is 55.8 Å². The van der Waals surface area contributed by atoms with E-state index >= 15 is 0 Å². The van der Waals surface area contributed by atoms with Crippen molar-refractivity contribution in [1.82, 2.24) is 10.0 Å². The van der Waals surface area contributed by atoms with Crippen molar-refractivity contribution in [2.24, 2.45) is 0 Å². The van der Waals surface area contributed by atoms with Gasteiger partial charge in [0.1, 0.15) is 4.21 Å². The summed E-state index contributed by atoms with van der Waals surface area (Å²) in [5.74, 6) is 0. The molecule has 2 N–H and O–H groups in total. The van der Waals surface area contributed by atoms with Gasteiger partial charge in [0.15, 0.2) is 0 Å². The molecule has 2 rings (SSSR count). The summed E-state index contributed by atoms with van der Waals surface area (Å²) in [5.41, 5.74) is 0.813. The number of thiophene rings is 1. The third-order valence-electron chi connectivity index (χ3n) is 3.64. The van der Waals surface area contributed by atoms with E-state index < -0.39 is 10.0 Å². The van der Waals surface area contributed by atoms with Gasteiger partial charge in [-0.2, -0.15) is 0 Å².